The Bertz CT molecular complexity index is 525. The number of Topliss-reactive ketones (excluding diaryl/α,β-unsaturated/α-hetero) is 1. The highest BCUT2D eigenvalue weighted by atomic mass is 19.3. The van der Waals surface area contributed by atoms with Crippen LogP contribution in [0, 0.1) is 11.8 Å². The summed E-state index contributed by atoms with van der Waals surface area (Å²) in [6.45, 7) is 1.82. The van der Waals surface area contributed by atoms with E-state index < -0.39 is 30.2 Å². The highest BCUT2D eigenvalue weighted by molar-refractivity contribution is 5.84. The first-order valence-electron chi connectivity index (χ1n) is 10.2. The van der Waals surface area contributed by atoms with Crippen molar-refractivity contribution in [1.29, 1.82) is 0 Å². The maximum atomic E-state index is 14.4. The number of unbranched alkanes of at least 4 members (excludes halogenated alkanes) is 4. The average molecular weight is 390 g/mol. The smallest absolute Gasteiger partial charge is 0.303 e. The van der Waals surface area contributed by atoms with Crippen molar-refractivity contribution in [2.45, 2.75) is 102 Å². The summed E-state index contributed by atoms with van der Waals surface area (Å²) < 4.78 is 34.3. The van der Waals surface area contributed by atoms with Crippen LogP contribution in [0.3, 0.4) is 0 Å². The van der Waals surface area contributed by atoms with Gasteiger partial charge in [-0.2, -0.15) is 0 Å². The molecule has 1 aliphatic heterocycles. The number of aliphatic carboxylic acids is 1. The first kappa shape index (κ1) is 22.2. The minimum Gasteiger partial charge on any atom is -0.481 e. The second kappa shape index (κ2) is 9.41. The van der Waals surface area contributed by atoms with Crippen LogP contribution in [0.1, 0.15) is 84.0 Å². The molecule has 2 fully saturated rings. The molecule has 1 aliphatic carbocycles. The van der Waals surface area contributed by atoms with E-state index in [9.17, 15) is 23.5 Å². The highest BCUT2D eigenvalue weighted by Gasteiger charge is 2.59. The number of hydrogen-bond acceptors (Lipinski definition) is 4. The molecular weight excluding hydrogens is 358 g/mol. The molecule has 4 atom stereocenters. The lowest BCUT2D eigenvalue weighted by Gasteiger charge is -2.43. The van der Waals surface area contributed by atoms with Crippen LogP contribution in [0.5, 0.6) is 0 Å². The number of rotatable bonds is 11. The van der Waals surface area contributed by atoms with E-state index in [2.05, 4.69) is 0 Å². The monoisotopic (exact) mass is 390 g/mol. The van der Waals surface area contributed by atoms with Crippen LogP contribution in [0.25, 0.3) is 0 Å². The SMILES string of the molecule is CCCCC(F)(F)[C@@]1(O)CC[C@@H]2C(CCCCCCC(=O)O)C(=O)C[C@H]2O1. The van der Waals surface area contributed by atoms with Gasteiger partial charge in [0.1, 0.15) is 5.78 Å². The van der Waals surface area contributed by atoms with Crippen molar-refractivity contribution in [3.8, 4) is 0 Å². The van der Waals surface area contributed by atoms with Gasteiger partial charge in [-0.05, 0) is 31.6 Å². The van der Waals surface area contributed by atoms with Crippen molar-refractivity contribution in [2.75, 3.05) is 0 Å². The number of ether oxygens (including phenoxy) is 1. The number of halogens is 2. The molecule has 1 unspecified atom stereocenters. The molecular formula is C20H32F2O5. The number of hydrogen-bond donors (Lipinski definition) is 2. The predicted molar refractivity (Wildman–Crippen MR) is 95.5 cm³/mol. The molecule has 156 valence electrons. The summed E-state index contributed by atoms with van der Waals surface area (Å²) in [6, 6.07) is 0. The Hall–Kier alpha value is -1.08. The number of ketones is 1. The Morgan fingerprint density at radius 1 is 1.26 bits per heavy atom. The Morgan fingerprint density at radius 2 is 1.96 bits per heavy atom. The number of fused-ring (bicyclic) bond motifs is 1. The summed E-state index contributed by atoms with van der Waals surface area (Å²) in [7, 11) is 0. The number of carbonyl (C=O) groups is 2. The highest BCUT2D eigenvalue weighted by Crippen LogP contribution is 2.49. The van der Waals surface area contributed by atoms with E-state index in [4.69, 9.17) is 9.84 Å². The van der Waals surface area contributed by atoms with E-state index in [-0.39, 0.29) is 36.9 Å². The summed E-state index contributed by atoms with van der Waals surface area (Å²) in [5, 5.41) is 19.1. The van der Waals surface area contributed by atoms with E-state index in [0.717, 1.165) is 19.3 Å². The van der Waals surface area contributed by atoms with Crippen molar-refractivity contribution in [3.63, 3.8) is 0 Å². The van der Waals surface area contributed by atoms with Crippen LogP contribution in [0.2, 0.25) is 0 Å². The standard InChI is InChI=1S/C20H32F2O5/c1-2-3-11-19(21,22)20(26)12-10-15-14(16(23)13-17(15)27-20)8-6-4-5-7-9-18(24)25/h14-15,17,26H,2-13H2,1H3,(H,24,25)/t14?,15-,17-,20-/m1/s1. The summed E-state index contributed by atoms with van der Waals surface area (Å²) in [4.78, 5) is 22.8. The number of carboxylic acids is 1. The maximum Gasteiger partial charge on any atom is 0.303 e. The van der Waals surface area contributed by atoms with Gasteiger partial charge in [0.2, 0.25) is 5.79 Å². The molecule has 0 bridgehead atoms. The minimum absolute atomic E-state index is 0.0386. The van der Waals surface area contributed by atoms with E-state index in [0.29, 0.717) is 32.1 Å². The Morgan fingerprint density at radius 3 is 2.63 bits per heavy atom. The molecule has 7 heteroatoms. The summed E-state index contributed by atoms with van der Waals surface area (Å²) in [6.07, 6.45) is 4.17. The molecule has 0 amide bonds. The third-order valence-corrected chi connectivity index (χ3v) is 6.04. The molecule has 0 radical (unpaired) electrons. The average Bonchev–Trinajstić information content (AvgIpc) is 2.90. The zero-order chi connectivity index (χ0) is 20.1. The van der Waals surface area contributed by atoms with Crippen LogP contribution in [-0.2, 0) is 14.3 Å². The number of carboxylic acid groups (broad SMARTS) is 1. The van der Waals surface area contributed by atoms with Gasteiger partial charge in [0.15, 0.2) is 0 Å². The Labute approximate surface area is 159 Å². The summed E-state index contributed by atoms with van der Waals surface area (Å²) >= 11 is 0. The number of alkyl halides is 2. The molecule has 0 spiro atoms. The van der Waals surface area contributed by atoms with Crippen molar-refractivity contribution < 1.29 is 33.3 Å². The van der Waals surface area contributed by atoms with Gasteiger partial charge in [-0.25, -0.2) is 8.78 Å². The van der Waals surface area contributed by atoms with Crippen LogP contribution in [0.15, 0.2) is 0 Å². The van der Waals surface area contributed by atoms with E-state index >= 15 is 0 Å². The lowest BCUT2D eigenvalue weighted by molar-refractivity contribution is -0.356. The summed E-state index contributed by atoms with van der Waals surface area (Å²) in [5.74, 6) is -6.82. The van der Waals surface area contributed by atoms with E-state index in [1.807, 2.05) is 6.92 Å². The van der Waals surface area contributed by atoms with Gasteiger partial charge < -0.3 is 14.9 Å². The first-order valence-corrected chi connectivity index (χ1v) is 10.2. The Kier molecular flexibility index (Phi) is 7.74. The number of carbonyl (C=O) groups excluding carboxylic acids is 1. The third-order valence-electron chi connectivity index (χ3n) is 6.04. The second-order valence-corrected chi connectivity index (χ2v) is 8.07. The molecule has 1 saturated heterocycles. The molecule has 1 saturated carbocycles. The molecule has 5 nitrogen and oxygen atoms in total. The maximum absolute atomic E-state index is 14.4. The fourth-order valence-corrected chi connectivity index (χ4v) is 4.42. The Balaban J connectivity index is 1.84. The first-order chi connectivity index (χ1) is 12.7. The van der Waals surface area contributed by atoms with Gasteiger partial charge in [-0.15, -0.1) is 0 Å². The van der Waals surface area contributed by atoms with Gasteiger partial charge in [0, 0.05) is 31.6 Å². The van der Waals surface area contributed by atoms with Gasteiger partial charge in [0.05, 0.1) is 6.10 Å². The fourth-order valence-electron chi connectivity index (χ4n) is 4.42. The lowest BCUT2D eigenvalue weighted by atomic mass is 9.81. The fraction of sp³-hybridized carbons (Fsp3) is 0.900. The van der Waals surface area contributed by atoms with Crippen molar-refractivity contribution in [2.24, 2.45) is 11.8 Å². The number of aliphatic hydroxyl groups is 1. The van der Waals surface area contributed by atoms with Crippen LogP contribution >= 0.6 is 0 Å². The largest absolute Gasteiger partial charge is 0.481 e. The molecule has 27 heavy (non-hydrogen) atoms. The molecule has 2 aliphatic rings. The molecule has 0 aromatic carbocycles. The summed E-state index contributed by atoms with van der Waals surface area (Å²) in [5.41, 5.74) is 0. The van der Waals surface area contributed by atoms with E-state index in [1.54, 1.807) is 0 Å². The predicted octanol–water partition coefficient (Wildman–Crippen LogP) is 4.31. The zero-order valence-corrected chi connectivity index (χ0v) is 16.1. The topological polar surface area (TPSA) is 83.8 Å². The van der Waals surface area contributed by atoms with Crippen molar-refractivity contribution >= 4 is 11.8 Å². The molecule has 0 aromatic heterocycles. The third kappa shape index (κ3) is 5.47. The minimum atomic E-state index is -3.31. The van der Waals surface area contributed by atoms with Gasteiger partial charge in [-0.1, -0.05) is 32.6 Å². The quantitative estimate of drug-likeness (QED) is 0.514. The zero-order valence-electron chi connectivity index (χ0n) is 16.1. The van der Waals surface area contributed by atoms with Crippen LogP contribution in [-0.4, -0.2) is 39.8 Å². The van der Waals surface area contributed by atoms with Crippen LogP contribution < -0.4 is 0 Å². The lowest BCUT2D eigenvalue weighted by Crippen LogP contribution is -2.55. The normalized spacial score (nSPS) is 31.1. The second-order valence-electron chi connectivity index (χ2n) is 8.07. The van der Waals surface area contributed by atoms with Gasteiger partial charge in [0.25, 0.3) is 0 Å². The molecule has 2 rings (SSSR count). The van der Waals surface area contributed by atoms with Crippen molar-refractivity contribution in [3.05, 3.63) is 0 Å². The van der Waals surface area contributed by atoms with Gasteiger partial charge >= 0.3 is 11.9 Å². The van der Waals surface area contributed by atoms with Gasteiger partial charge in [-0.3, -0.25) is 9.59 Å². The van der Waals surface area contributed by atoms with Crippen molar-refractivity contribution in [1.82, 2.24) is 0 Å². The molecule has 2 N–H and O–H groups in total. The van der Waals surface area contributed by atoms with E-state index in [1.165, 1.54) is 0 Å². The molecule has 1 heterocycles. The molecule has 0 aromatic rings. The van der Waals surface area contributed by atoms with Crippen LogP contribution in [0.4, 0.5) is 8.78 Å².